The Kier molecular flexibility index (Phi) is 10.9. The summed E-state index contributed by atoms with van der Waals surface area (Å²) in [5.41, 5.74) is -0.180. The molecule has 3 aromatic rings. The zero-order valence-corrected chi connectivity index (χ0v) is 25.4. The minimum absolute atomic E-state index is 0.146. The first-order valence-corrected chi connectivity index (χ1v) is 15.2. The maximum atomic E-state index is 14.0. The molecule has 0 fully saturated rings. The van der Waals surface area contributed by atoms with Gasteiger partial charge in [0, 0.05) is 13.1 Å². The molecule has 1 N–H and O–H groups in total. The zero-order valence-electron chi connectivity index (χ0n) is 23.1. The molecule has 2 amide bonds. The number of carbonyl (C=O) groups is 2. The minimum atomic E-state index is -4.76. The van der Waals surface area contributed by atoms with Gasteiger partial charge >= 0.3 is 6.18 Å². The Bertz CT molecular complexity index is 1530. The van der Waals surface area contributed by atoms with Crippen molar-refractivity contribution in [2.75, 3.05) is 17.4 Å². The van der Waals surface area contributed by atoms with Crippen LogP contribution in [0.15, 0.2) is 71.6 Å². The molecule has 0 saturated carbocycles. The van der Waals surface area contributed by atoms with E-state index in [1.165, 1.54) is 47.4 Å². The quantitative estimate of drug-likeness (QED) is 0.260. The molecule has 0 spiro atoms. The van der Waals surface area contributed by atoms with E-state index in [0.717, 1.165) is 17.7 Å². The molecule has 0 aliphatic rings. The van der Waals surface area contributed by atoms with Crippen LogP contribution in [0.4, 0.5) is 18.9 Å². The summed E-state index contributed by atoms with van der Waals surface area (Å²) in [4.78, 5) is 27.9. The highest BCUT2D eigenvalue weighted by molar-refractivity contribution is 7.92. The molecule has 3 aromatic carbocycles. The molecule has 3 rings (SSSR count). The van der Waals surface area contributed by atoms with Gasteiger partial charge in [-0.1, -0.05) is 60.0 Å². The third kappa shape index (κ3) is 7.96. The van der Waals surface area contributed by atoms with E-state index in [9.17, 15) is 31.2 Å². The fourth-order valence-electron chi connectivity index (χ4n) is 4.25. The number of hydrogen-bond donors (Lipinski definition) is 1. The van der Waals surface area contributed by atoms with E-state index < -0.39 is 46.2 Å². The van der Waals surface area contributed by atoms with Crippen molar-refractivity contribution in [3.05, 3.63) is 93.5 Å². The Labute approximate surface area is 253 Å². The van der Waals surface area contributed by atoms with Crippen LogP contribution in [0, 0.1) is 6.92 Å². The van der Waals surface area contributed by atoms with Gasteiger partial charge in [-0.2, -0.15) is 13.2 Å². The minimum Gasteiger partial charge on any atom is -0.355 e. The Hall–Kier alpha value is -3.28. The number of nitrogens with zero attached hydrogens (tertiary/aromatic N) is 2. The van der Waals surface area contributed by atoms with Crippen molar-refractivity contribution >= 4 is 50.7 Å². The fourth-order valence-corrected chi connectivity index (χ4v) is 5.98. The van der Waals surface area contributed by atoms with Crippen molar-refractivity contribution < 1.29 is 31.2 Å². The Morgan fingerprint density at radius 1 is 0.952 bits per heavy atom. The highest BCUT2D eigenvalue weighted by Gasteiger charge is 2.36. The van der Waals surface area contributed by atoms with Gasteiger partial charge in [-0.05, 0) is 68.3 Å². The summed E-state index contributed by atoms with van der Waals surface area (Å²) in [5, 5.41) is 3.15. The first-order valence-electron chi connectivity index (χ1n) is 13.0. The van der Waals surface area contributed by atoms with E-state index in [-0.39, 0.29) is 40.1 Å². The number of anilines is 1. The number of sulfonamides is 1. The van der Waals surface area contributed by atoms with Gasteiger partial charge in [0.05, 0.1) is 26.2 Å². The van der Waals surface area contributed by atoms with Gasteiger partial charge in [0.2, 0.25) is 11.8 Å². The summed E-state index contributed by atoms with van der Waals surface area (Å²) >= 11 is 12.2. The van der Waals surface area contributed by atoms with Gasteiger partial charge < -0.3 is 10.2 Å². The monoisotopic (exact) mass is 643 g/mol. The number of nitrogens with one attached hydrogen (secondary N) is 1. The average Bonchev–Trinajstić information content (AvgIpc) is 2.93. The number of carbonyl (C=O) groups excluding carboxylic acids is 2. The molecule has 0 aliphatic heterocycles. The fraction of sp³-hybridized carbons (Fsp3) is 0.310. The molecule has 0 bridgehead atoms. The summed E-state index contributed by atoms with van der Waals surface area (Å²) < 4.78 is 69.1. The average molecular weight is 645 g/mol. The lowest BCUT2D eigenvalue weighted by Crippen LogP contribution is -2.52. The summed E-state index contributed by atoms with van der Waals surface area (Å²) in [6.45, 7) is 4.39. The van der Waals surface area contributed by atoms with Gasteiger partial charge in [0.15, 0.2) is 0 Å². The van der Waals surface area contributed by atoms with Crippen molar-refractivity contribution in [1.29, 1.82) is 0 Å². The second kappa shape index (κ2) is 13.8. The van der Waals surface area contributed by atoms with Crippen molar-refractivity contribution in [3.63, 3.8) is 0 Å². The standard InChI is InChI=1S/C29H30Cl2F3N3O4S/c1-4-26(28(39)35-5-2)36(17-20-11-14-24(30)25(31)15-20)27(38)18-37(22-8-6-7-21(16-22)29(32,33)34)42(40,41)23-12-9-19(3)10-13-23/h6-16,26H,4-5,17-18H2,1-3H3,(H,35,39). The largest absolute Gasteiger partial charge is 0.416 e. The van der Waals surface area contributed by atoms with E-state index in [1.807, 2.05) is 0 Å². The Morgan fingerprint density at radius 3 is 2.19 bits per heavy atom. The van der Waals surface area contributed by atoms with Gasteiger partial charge in [0.1, 0.15) is 12.6 Å². The van der Waals surface area contributed by atoms with Gasteiger partial charge in [0.25, 0.3) is 10.0 Å². The molecule has 0 aromatic heterocycles. The molecular weight excluding hydrogens is 614 g/mol. The van der Waals surface area contributed by atoms with E-state index in [1.54, 1.807) is 26.8 Å². The van der Waals surface area contributed by atoms with Crippen molar-refractivity contribution in [2.45, 2.75) is 50.9 Å². The first-order chi connectivity index (χ1) is 19.7. The van der Waals surface area contributed by atoms with Crippen LogP contribution in [0.3, 0.4) is 0 Å². The van der Waals surface area contributed by atoms with Crippen LogP contribution in [0.5, 0.6) is 0 Å². The molecule has 0 heterocycles. The normalized spacial score (nSPS) is 12.5. The number of rotatable bonds is 11. The van der Waals surface area contributed by atoms with Crippen LogP contribution in [-0.4, -0.2) is 44.3 Å². The summed E-state index contributed by atoms with van der Waals surface area (Å²) in [6, 6.07) is 13.0. The van der Waals surface area contributed by atoms with Crippen LogP contribution in [0.1, 0.15) is 37.0 Å². The molecule has 0 radical (unpaired) electrons. The highest BCUT2D eigenvalue weighted by atomic mass is 35.5. The van der Waals surface area contributed by atoms with Gasteiger partial charge in [-0.3, -0.25) is 13.9 Å². The van der Waals surface area contributed by atoms with Crippen LogP contribution in [0.25, 0.3) is 0 Å². The molecular formula is C29H30Cl2F3N3O4S. The van der Waals surface area contributed by atoms with E-state index in [0.29, 0.717) is 15.9 Å². The molecule has 1 atom stereocenters. The van der Waals surface area contributed by atoms with Gasteiger partial charge in [-0.25, -0.2) is 8.42 Å². The smallest absolute Gasteiger partial charge is 0.355 e. The maximum absolute atomic E-state index is 14.0. The lowest BCUT2D eigenvalue weighted by Gasteiger charge is -2.33. The number of alkyl halides is 3. The SMILES string of the molecule is CCNC(=O)C(CC)N(Cc1ccc(Cl)c(Cl)c1)C(=O)CN(c1cccc(C(F)(F)F)c1)S(=O)(=O)c1ccc(C)cc1. The Balaban J connectivity index is 2.13. The van der Waals surface area contributed by atoms with Gasteiger partial charge in [-0.15, -0.1) is 0 Å². The summed E-state index contributed by atoms with van der Waals surface area (Å²) in [6.07, 6.45) is -4.59. The molecule has 0 saturated heterocycles. The number of amides is 2. The number of halogens is 5. The maximum Gasteiger partial charge on any atom is 0.416 e. The van der Waals surface area contributed by atoms with Crippen LogP contribution >= 0.6 is 23.2 Å². The van der Waals surface area contributed by atoms with E-state index >= 15 is 0 Å². The van der Waals surface area contributed by atoms with Crippen molar-refractivity contribution in [3.8, 4) is 0 Å². The molecule has 42 heavy (non-hydrogen) atoms. The highest BCUT2D eigenvalue weighted by Crippen LogP contribution is 2.33. The third-order valence-corrected chi connectivity index (χ3v) is 8.95. The number of aryl methyl sites for hydroxylation is 1. The van der Waals surface area contributed by atoms with E-state index in [2.05, 4.69) is 5.32 Å². The van der Waals surface area contributed by atoms with Crippen molar-refractivity contribution in [2.24, 2.45) is 0 Å². The van der Waals surface area contributed by atoms with Crippen LogP contribution in [0.2, 0.25) is 10.0 Å². The van der Waals surface area contributed by atoms with Crippen LogP contribution in [-0.2, 0) is 32.3 Å². The predicted molar refractivity (Wildman–Crippen MR) is 157 cm³/mol. The Morgan fingerprint density at radius 2 is 1.62 bits per heavy atom. The number of hydrogen-bond acceptors (Lipinski definition) is 4. The predicted octanol–water partition coefficient (Wildman–Crippen LogP) is 6.46. The summed E-state index contributed by atoms with van der Waals surface area (Å²) in [7, 11) is -4.53. The molecule has 7 nitrogen and oxygen atoms in total. The number of benzene rings is 3. The van der Waals surface area contributed by atoms with Crippen molar-refractivity contribution in [1.82, 2.24) is 10.2 Å². The van der Waals surface area contributed by atoms with Crippen LogP contribution < -0.4 is 9.62 Å². The summed E-state index contributed by atoms with van der Waals surface area (Å²) in [5.74, 6) is -1.28. The lowest BCUT2D eigenvalue weighted by atomic mass is 10.1. The third-order valence-electron chi connectivity index (χ3n) is 6.42. The second-order valence-corrected chi connectivity index (χ2v) is 12.1. The molecule has 1 unspecified atom stereocenters. The second-order valence-electron chi connectivity index (χ2n) is 9.46. The first kappa shape index (κ1) is 33.2. The molecule has 13 heteroatoms. The zero-order chi connectivity index (χ0) is 31.2. The molecule has 226 valence electrons. The topological polar surface area (TPSA) is 86.8 Å². The van der Waals surface area contributed by atoms with E-state index in [4.69, 9.17) is 23.2 Å². The number of likely N-dealkylation sites (N-methyl/N-ethyl adjacent to an activating group) is 1. The molecule has 0 aliphatic carbocycles. The lowest BCUT2D eigenvalue weighted by molar-refractivity contribution is -0.140.